The topological polar surface area (TPSA) is 63.6 Å². The highest BCUT2D eigenvalue weighted by atomic mass is 16.5. The van der Waals surface area contributed by atoms with E-state index in [1.165, 1.54) is 11.1 Å². The number of carboxylic acid groups (broad SMARTS) is 1. The van der Waals surface area contributed by atoms with Crippen molar-refractivity contribution >= 4 is 11.9 Å². The Morgan fingerprint density at radius 2 is 2.03 bits per heavy atom. The zero-order valence-electron chi connectivity index (χ0n) is 21.7. The van der Waals surface area contributed by atoms with Crippen molar-refractivity contribution in [1.29, 1.82) is 0 Å². The van der Waals surface area contributed by atoms with Crippen molar-refractivity contribution in [2.45, 2.75) is 80.1 Å². The van der Waals surface area contributed by atoms with Gasteiger partial charge in [-0.05, 0) is 93.6 Å². The lowest BCUT2D eigenvalue weighted by molar-refractivity contribution is -0.138. The fourth-order valence-electron chi connectivity index (χ4n) is 7.99. The van der Waals surface area contributed by atoms with Crippen LogP contribution in [-0.2, 0) is 14.3 Å². The molecule has 0 saturated heterocycles. The molecule has 6 atom stereocenters. The molecular formula is C30H40O4. The molecule has 0 radical (unpaired) electrons. The predicted octanol–water partition coefficient (Wildman–Crippen LogP) is 7.16. The van der Waals surface area contributed by atoms with E-state index in [1.54, 1.807) is 6.92 Å². The second-order valence-electron chi connectivity index (χ2n) is 11.8. The van der Waals surface area contributed by atoms with Crippen LogP contribution in [0.3, 0.4) is 0 Å². The van der Waals surface area contributed by atoms with E-state index in [4.69, 9.17) is 4.74 Å². The van der Waals surface area contributed by atoms with E-state index in [0.717, 1.165) is 31.3 Å². The average Bonchev–Trinajstić information content (AvgIpc) is 3.39. The molecule has 1 fully saturated rings. The molecule has 0 aromatic heterocycles. The number of ether oxygens (including phenoxy) is 1. The highest BCUT2D eigenvalue weighted by Crippen LogP contribution is 2.72. The van der Waals surface area contributed by atoms with Gasteiger partial charge in [-0.2, -0.15) is 0 Å². The van der Waals surface area contributed by atoms with Gasteiger partial charge < -0.3 is 9.84 Å². The van der Waals surface area contributed by atoms with E-state index in [9.17, 15) is 14.7 Å². The van der Waals surface area contributed by atoms with Crippen LogP contribution in [0.25, 0.3) is 0 Å². The van der Waals surface area contributed by atoms with Crippen LogP contribution in [0.5, 0.6) is 0 Å². The normalized spacial score (nSPS) is 38.9. The number of hydrogen-bond acceptors (Lipinski definition) is 3. The number of allylic oxidation sites excluding steroid dienone is 7. The van der Waals surface area contributed by atoms with E-state index in [1.807, 2.05) is 6.08 Å². The maximum atomic E-state index is 11.9. The number of carbonyl (C=O) groups is 2. The van der Waals surface area contributed by atoms with Gasteiger partial charge in [0.05, 0.1) is 0 Å². The number of rotatable bonds is 6. The smallest absolute Gasteiger partial charge is 0.339 e. The molecule has 0 aromatic rings. The fourth-order valence-corrected chi connectivity index (χ4v) is 7.99. The van der Waals surface area contributed by atoms with E-state index in [2.05, 4.69) is 59.4 Å². The lowest BCUT2D eigenvalue weighted by Crippen LogP contribution is -2.45. The van der Waals surface area contributed by atoms with E-state index in [-0.39, 0.29) is 34.6 Å². The molecule has 4 nitrogen and oxygen atoms in total. The van der Waals surface area contributed by atoms with E-state index < -0.39 is 5.97 Å². The van der Waals surface area contributed by atoms with Crippen LogP contribution in [0.1, 0.15) is 80.1 Å². The van der Waals surface area contributed by atoms with Crippen LogP contribution in [0.15, 0.2) is 58.9 Å². The molecule has 4 rings (SSSR count). The Hall–Kier alpha value is -2.36. The fraction of sp³-hybridized carbons (Fsp3) is 0.600. The summed E-state index contributed by atoms with van der Waals surface area (Å²) in [5.41, 5.74) is 4.59. The summed E-state index contributed by atoms with van der Waals surface area (Å²) in [6, 6.07) is 0. The van der Waals surface area contributed by atoms with Crippen molar-refractivity contribution in [1.82, 2.24) is 0 Å². The second kappa shape index (κ2) is 8.39. The largest absolute Gasteiger partial charge is 0.481 e. The molecule has 184 valence electrons. The van der Waals surface area contributed by atoms with Crippen LogP contribution in [0.2, 0.25) is 0 Å². The van der Waals surface area contributed by atoms with Crippen LogP contribution in [0.4, 0.5) is 0 Å². The molecule has 0 aromatic carbocycles. The third kappa shape index (κ3) is 3.48. The lowest BCUT2D eigenvalue weighted by atomic mass is 9.51. The Morgan fingerprint density at radius 3 is 2.62 bits per heavy atom. The molecule has 4 aliphatic rings. The SMILES string of the molecule is C=C(C)[C@@H]1CC=C2[C@H](CC[C@]23C(C)=CC[C@@]3(C)[C@H](C)C=C2C=C(C)C(=O)O2)[C@@]1(C)CCC(=O)O. The minimum absolute atomic E-state index is 0.0365. The highest BCUT2D eigenvalue weighted by molar-refractivity contribution is 5.92. The maximum absolute atomic E-state index is 11.9. The third-order valence-corrected chi connectivity index (χ3v) is 10.1. The lowest BCUT2D eigenvalue weighted by Gasteiger charge is -2.53. The van der Waals surface area contributed by atoms with Crippen LogP contribution in [0, 0.1) is 34.0 Å². The van der Waals surface area contributed by atoms with Crippen molar-refractivity contribution in [2.75, 3.05) is 0 Å². The Bertz CT molecular complexity index is 1060. The van der Waals surface area contributed by atoms with Gasteiger partial charge in [0.2, 0.25) is 0 Å². The predicted molar refractivity (Wildman–Crippen MR) is 135 cm³/mol. The molecule has 1 saturated carbocycles. The summed E-state index contributed by atoms with van der Waals surface area (Å²) in [5.74, 6) is 0.552. The zero-order chi connectivity index (χ0) is 25.1. The van der Waals surface area contributed by atoms with Gasteiger partial charge in [-0.1, -0.05) is 56.2 Å². The number of fused-ring (bicyclic) bond motifs is 2. The molecule has 1 spiro atoms. The number of cyclic esters (lactones) is 1. The van der Waals surface area contributed by atoms with Crippen LogP contribution < -0.4 is 0 Å². The Morgan fingerprint density at radius 1 is 1.32 bits per heavy atom. The van der Waals surface area contributed by atoms with Gasteiger partial charge >= 0.3 is 11.9 Å². The molecule has 0 amide bonds. The number of hydrogen-bond donors (Lipinski definition) is 1. The standard InChI is InChI=1S/C30H40O4/c1-18(2)23-8-9-25-24(28(23,6)13-12-26(31)32)11-15-30(25)20(4)10-14-29(30,7)21(5)17-22-16-19(3)27(33)34-22/h9-10,16-17,21,23-24H,1,8,11-15H2,2-7H3,(H,31,32)/t21-,23+,24+,28+,29+,30+/m1/s1. The van der Waals surface area contributed by atoms with Gasteiger partial charge in [-0.25, -0.2) is 4.79 Å². The summed E-state index contributed by atoms with van der Waals surface area (Å²) in [5, 5.41) is 9.51. The first-order valence-electron chi connectivity index (χ1n) is 12.7. The molecule has 1 aliphatic heterocycles. The van der Waals surface area contributed by atoms with Crippen molar-refractivity contribution in [3.8, 4) is 0 Å². The summed E-state index contributed by atoms with van der Waals surface area (Å²) in [4.78, 5) is 23.5. The first-order valence-corrected chi connectivity index (χ1v) is 12.7. The first kappa shape index (κ1) is 24.8. The van der Waals surface area contributed by atoms with Crippen LogP contribution >= 0.6 is 0 Å². The minimum atomic E-state index is -0.720. The molecule has 3 aliphatic carbocycles. The highest BCUT2D eigenvalue weighted by Gasteiger charge is 2.63. The maximum Gasteiger partial charge on any atom is 0.339 e. The number of esters is 1. The van der Waals surface area contributed by atoms with E-state index >= 15 is 0 Å². The quantitative estimate of drug-likeness (QED) is 0.335. The molecule has 4 heteroatoms. The van der Waals surface area contributed by atoms with Gasteiger partial charge in [0.1, 0.15) is 5.76 Å². The Kier molecular flexibility index (Phi) is 6.11. The summed E-state index contributed by atoms with van der Waals surface area (Å²) in [7, 11) is 0. The molecule has 0 unspecified atom stereocenters. The molecule has 34 heavy (non-hydrogen) atoms. The second-order valence-corrected chi connectivity index (χ2v) is 11.8. The average molecular weight is 465 g/mol. The van der Waals surface area contributed by atoms with Crippen molar-refractivity contribution in [2.24, 2.45) is 34.0 Å². The molecule has 1 heterocycles. The van der Waals surface area contributed by atoms with Gasteiger partial charge in [-0.15, -0.1) is 0 Å². The van der Waals surface area contributed by atoms with Crippen LogP contribution in [-0.4, -0.2) is 17.0 Å². The number of aliphatic carboxylic acids is 1. The summed E-state index contributed by atoms with van der Waals surface area (Å²) in [6.45, 7) is 17.5. The van der Waals surface area contributed by atoms with E-state index in [0.29, 0.717) is 29.6 Å². The third-order valence-electron chi connectivity index (χ3n) is 10.1. The summed E-state index contributed by atoms with van der Waals surface area (Å²) >= 11 is 0. The van der Waals surface area contributed by atoms with Crippen molar-refractivity contribution < 1.29 is 19.4 Å². The summed E-state index contributed by atoms with van der Waals surface area (Å²) < 4.78 is 5.49. The van der Waals surface area contributed by atoms with Gasteiger partial charge in [0.25, 0.3) is 0 Å². The number of carbonyl (C=O) groups excluding carboxylic acids is 1. The minimum Gasteiger partial charge on any atom is -0.481 e. The van der Waals surface area contributed by atoms with Gasteiger partial charge in [0.15, 0.2) is 0 Å². The zero-order valence-corrected chi connectivity index (χ0v) is 21.7. The Balaban J connectivity index is 1.75. The Labute approximate surface area is 204 Å². The summed E-state index contributed by atoms with van der Waals surface area (Å²) in [6.07, 6.45) is 13.8. The molecule has 0 bridgehead atoms. The molecular weight excluding hydrogens is 424 g/mol. The van der Waals surface area contributed by atoms with Crippen molar-refractivity contribution in [3.63, 3.8) is 0 Å². The monoisotopic (exact) mass is 464 g/mol. The first-order chi connectivity index (χ1) is 15.9. The van der Waals surface area contributed by atoms with Gasteiger partial charge in [-0.3, -0.25) is 4.79 Å². The van der Waals surface area contributed by atoms with Gasteiger partial charge in [0, 0.05) is 17.4 Å². The van der Waals surface area contributed by atoms with Crippen molar-refractivity contribution in [3.05, 3.63) is 58.9 Å². The number of carboxylic acids is 1. The molecule has 1 N–H and O–H groups in total.